The molecule has 2 aliphatic heterocycles. The normalized spacial score (nSPS) is 22.7. The van der Waals surface area contributed by atoms with E-state index in [0.717, 1.165) is 19.4 Å². The van der Waals surface area contributed by atoms with E-state index < -0.39 is 10.0 Å². The van der Waals surface area contributed by atoms with Crippen LogP contribution in [0.15, 0.2) is 29.2 Å². The third kappa shape index (κ3) is 4.19. The van der Waals surface area contributed by atoms with Gasteiger partial charge in [-0.3, -0.25) is 4.79 Å². The standard InChI is InChI=1S/C18H27N3O4S/c1-14(2)25-16-5-7-17(8-6-16)26(23,24)20-10-3-4-15(13-20)21-11-9-19-12-18(21)22/h5-8,14-15,19H,3-4,9-13H2,1-2H3. The van der Waals surface area contributed by atoms with Gasteiger partial charge in [-0.05, 0) is 51.0 Å². The summed E-state index contributed by atoms with van der Waals surface area (Å²) in [6.07, 6.45) is 1.64. The maximum atomic E-state index is 13.0. The number of piperazine rings is 1. The first-order valence-corrected chi connectivity index (χ1v) is 10.6. The molecular weight excluding hydrogens is 354 g/mol. The molecule has 1 amide bonds. The number of nitrogens with one attached hydrogen (secondary N) is 1. The lowest BCUT2D eigenvalue weighted by molar-refractivity contribution is -0.135. The van der Waals surface area contributed by atoms with Gasteiger partial charge in [0.2, 0.25) is 15.9 Å². The second-order valence-corrected chi connectivity index (χ2v) is 9.00. The van der Waals surface area contributed by atoms with Crippen molar-refractivity contribution >= 4 is 15.9 Å². The van der Waals surface area contributed by atoms with Crippen molar-refractivity contribution in [3.05, 3.63) is 24.3 Å². The first-order valence-electron chi connectivity index (χ1n) is 9.15. The van der Waals surface area contributed by atoms with Gasteiger partial charge < -0.3 is 15.0 Å². The number of nitrogens with zero attached hydrogens (tertiary/aromatic N) is 2. The smallest absolute Gasteiger partial charge is 0.243 e. The molecule has 0 saturated carbocycles. The minimum Gasteiger partial charge on any atom is -0.491 e. The van der Waals surface area contributed by atoms with Crippen molar-refractivity contribution < 1.29 is 17.9 Å². The van der Waals surface area contributed by atoms with Gasteiger partial charge in [0.25, 0.3) is 0 Å². The summed E-state index contributed by atoms with van der Waals surface area (Å²) in [7, 11) is -3.57. The molecule has 0 spiro atoms. The highest BCUT2D eigenvalue weighted by molar-refractivity contribution is 7.89. The van der Waals surface area contributed by atoms with Crippen LogP contribution in [0.5, 0.6) is 5.75 Å². The number of carbonyl (C=O) groups excluding carboxylic acids is 1. The van der Waals surface area contributed by atoms with Crippen LogP contribution in [0, 0.1) is 0 Å². The summed E-state index contributed by atoms with van der Waals surface area (Å²) in [6.45, 7) is 6.43. The molecule has 1 unspecified atom stereocenters. The van der Waals surface area contributed by atoms with E-state index in [4.69, 9.17) is 4.74 Å². The van der Waals surface area contributed by atoms with Gasteiger partial charge in [-0.15, -0.1) is 0 Å². The number of rotatable bonds is 5. The van der Waals surface area contributed by atoms with Crippen LogP contribution in [0.2, 0.25) is 0 Å². The summed E-state index contributed by atoms with van der Waals surface area (Å²) in [4.78, 5) is 14.2. The molecule has 3 rings (SSSR count). The largest absolute Gasteiger partial charge is 0.491 e. The van der Waals surface area contributed by atoms with Gasteiger partial charge >= 0.3 is 0 Å². The van der Waals surface area contributed by atoms with Crippen LogP contribution in [0.3, 0.4) is 0 Å². The summed E-state index contributed by atoms with van der Waals surface area (Å²) in [5.41, 5.74) is 0. The fraction of sp³-hybridized carbons (Fsp3) is 0.611. The fourth-order valence-electron chi connectivity index (χ4n) is 3.51. The van der Waals surface area contributed by atoms with Crippen molar-refractivity contribution in [3.8, 4) is 5.75 Å². The minimum absolute atomic E-state index is 0.0388. The number of hydrogen-bond acceptors (Lipinski definition) is 5. The Morgan fingerprint density at radius 1 is 1.19 bits per heavy atom. The zero-order valence-corrected chi connectivity index (χ0v) is 16.2. The van der Waals surface area contributed by atoms with Crippen LogP contribution in [-0.4, -0.2) is 68.4 Å². The Bertz CT molecular complexity index is 733. The Kier molecular flexibility index (Phi) is 5.84. The van der Waals surface area contributed by atoms with E-state index in [1.807, 2.05) is 18.7 Å². The van der Waals surface area contributed by atoms with Gasteiger partial charge in [-0.25, -0.2) is 8.42 Å². The molecule has 0 radical (unpaired) electrons. The predicted octanol–water partition coefficient (Wildman–Crippen LogP) is 1.06. The van der Waals surface area contributed by atoms with Gasteiger partial charge in [0.15, 0.2) is 0 Å². The van der Waals surface area contributed by atoms with Crippen molar-refractivity contribution in [2.24, 2.45) is 0 Å². The average Bonchev–Trinajstić information content (AvgIpc) is 2.62. The van der Waals surface area contributed by atoms with Crippen LogP contribution in [-0.2, 0) is 14.8 Å². The van der Waals surface area contributed by atoms with Crippen LogP contribution in [0.1, 0.15) is 26.7 Å². The molecule has 1 N–H and O–H groups in total. The molecule has 0 bridgehead atoms. The summed E-state index contributed by atoms with van der Waals surface area (Å²) in [5.74, 6) is 0.706. The Hall–Kier alpha value is -1.64. The number of ether oxygens (including phenoxy) is 1. The Labute approximate surface area is 155 Å². The van der Waals surface area contributed by atoms with Crippen LogP contribution >= 0.6 is 0 Å². The number of sulfonamides is 1. The molecule has 7 nitrogen and oxygen atoms in total. The first-order chi connectivity index (χ1) is 12.4. The molecule has 0 aliphatic carbocycles. The molecule has 8 heteroatoms. The summed E-state index contributed by atoms with van der Waals surface area (Å²) in [6, 6.07) is 6.51. The van der Waals surface area contributed by atoms with E-state index in [-0.39, 0.29) is 22.9 Å². The molecule has 144 valence electrons. The van der Waals surface area contributed by atoms with E-state index in [1.165, 1.54) is 4.31 Å². The molecule has 2 heterocycles. The number of carbonyl (C=O) groups is 1. The third-order valence-electron chi connectivity index (χ3n) is 4.76. The van der Waals surface area contributed by atoms with Gasteiger partial charge in [-0.1, -0.05) is 0 Å². The lowest BCUT2D eigenvalue weighted by Crippen LogP contribution is -2.57. The van der Waals surface area contributed by atoms with Crippen LogP contribution in [0.25, 0.3) is 0 Å². The molecule has 0 aromatic heterocycles. The minimum atomic E-state index is -3.57. The van der Waals surface area contributed by atoms with Crippen LogP contribution in [0.4, 0.5) is 0 Å². The van der Waals surface area contributed by atoms with E-state index in [2.05, 4.69) is 5.32 Å². The monoisotopic (exact) mass is 381 g/mol. The molecule has 2 fully saturated rings. The zero-order valence-electron chi connectivity index (χ0n) is 15.3. The lowest BCUT2D eigenvalue weighted by atomic mass is 10.1. The highest BCUT2D eigenvalue weighted by Gasteiger charge is 2.35. The number of benzene rings is 1. The molecule has 1 aromatic carbocycles. The van der Waals surface area contributed by atoms with Crippen molar-refractivity contribution in [1.29, 1.82) is 0 Å². The molecule has 26 heavy (non-hydrogen) atoms. The highest BCUT2D eigenvalue weighted by atomic mass is 32.2. The van der Waals surface area contributed by atoms with E-state index in [0.29, 0.717) is 31.9 Å². The fourth-order valence-corrected chi connectivity index (χ4v) is 5.03. The molecule has 2 saturated heterocycles. The quantitative estimate of drug-likeness (QED) is 0.825. The van der Waals surface area contributed by atoms with Crippen molar-refractivity contribution in [2.45, 2.75) is 43.7 Å². The molecule has 1 atom stereocenters. The second-order valence-electron chi connectivity index (χ2n) is 7.06. The van der Waals surface area contributed by atoms with Crippen LogP contribution < -0.4 is 10.1 Å². The maximum absolute atomic E-state index is 13.0. The summed E-state index contributed by atoms with van der Waals surface area (Å²) < 4.78 is 33.1. The predicted molar refractivity (Wildman–Crippen MR) is 98.6 cm³/mol. The van der Waals surface area contributed by atoms with E-state index in [1.54, 1.807) is 24.3 Å². The highest BCUT2D eigenvalue weighted by Crippen LogP contribution is 2.25. The molecule has 2 aliphatic rings. The Balaban J connectivity index is 1.73. The van der Waals surface area contributed by atoms with Gasteiger partial charge in [0.1, 0.15) is 5.75 Å². The third-order valence-corrected chi connectivity index (χ3v) is 6.64. The average molecular weight is 381 g/mol. The number of hydrogen-bond donors (Lipinski definition) is 1. The topological polar surface area (TPSA) is 79.0 Å². The SMILES string of the molecule is CC(C)Oc1ccc(S(=O)(=O)N2CCCC(N3CCNCC3=O)C2)cc1. The van der Waals surface area contributed by atoms with Gasteiger partial charge in [0.05, 0.1) is 17.5 Å². The summed E-state index contributed by atoms with van der Waals surface area (Å²) in [5, 5.41) is 3.05. The van der Waals surface area contributed by atoms with E-state index >= 15 is 0 Å². The van der Waals surface area contributed by atoms with Gasteiger partial charge in [0, 0.05) is 32.2 Å². The first kappa shape index (κ1) is 19.1. The summed E-state index contributed by atoms with van der Waals surface area (Å²) >= 11 is 0. The molecule has 1 aromatic rings. The second kappa shape index (κ2) is 7.94. The number of piperidine rings is 1. The molecular formula is C18H27N3O4S. The maximum Gasteiger partial charge on any atom is 0.243 e. The number of amides is 1. The van der Waals surface area contributed by atoms with Crippen molar-refractivity contribution in [3.63, 3.8) is 0 Å². The van der Waals surface area contributed by atoms with Gasteiger partial charge in [-0.2, -0.15) is 4.31 Å². The Morgan fingerprint density at radius 2 is 1.92 bits per heavy atom. The zero-order chi connectivity index (χ0) is 18.7. The van der Waals surface area contributed by atoms with Crippen molar-refractivity contribution in [1.82, 2.24) is 14.5 Å². The van der Waals surface area contributed by atoms with Crippen molar-refractivity contribution in [2.75, 3.05) is 32.7 Å². The lowest BCUT2D eigenvalue weighted by Gasteiger charge is -2.40. The Morgan fingerprint density at radius 3 is 2.58 bits per heavy atom. The van der Waals surface area contributed by atoms with E-state index in [9.17, 15) is 13.2 Å².